The number of halogens is 2. The molecule has 0 unspecified atom stereocenters. The molecular weight excluding hydrogens is 284 g/mol. The lowest BCUT2D eigenvalue weighted by molar-refractivity contribution is 0.0903. The third-order valence-corrected chi connectivity index (χ3v) is 4.34. The van der Waals surface area contributed by atoms with Crippen molar-refractivity contribution in [2.75, 3.05) is 0 Å². The predicted octanol–water partition coefficient (Wildman–Crippen LogP) is 3.95. The molecule has 0 saturated heterocycles. The van der Waals surface area contributed by atoms with E-state index in [-0.39, 0.29) is 17.9 Å². The third kappa shape index (κ3) is 2.73. The normalized spacial score (nSPS) is 20.3. The Labute approximate surface area is 128 Å². The summed E-state index contributed by atoms with van der Waals surface area (Å²) in [6, 6.07) is 10.9. The van der Waals surface area contributed by atoms with E-state index in [1.54, 1.807) is 6.07 Å². The van der Waals surface area contributed by atoms with Crippen molar-refractivity contribution in [3.63, 3.8) is 0 Å². The first-order chi connectivity index (χ1) is 10.6. The molecule has 1 aliphatic rings. The molecule has 1 amide bonds. The molecule has 2 nitrogen and oxygen atoms in total. The Kier molecular flexibility index (Phi) is 3.92. The average Bonchev–Trinajstić information content (AvgIpc) is 2.46. The van der Waals surface area contributed by atoms with Crippen LogP contribution in [0.25, 0.3) is 0 Å². The maximum Gasteiger partial charge on any atom is 0.251 e. The maximum absolute atomic E-state index is 13.9. The van der Waals surface area contributed by atoms with Gasteiger partial charge in [-0.15, -0.1) is 0 Å². The summed E-state index contributed by atoms with van der Waals surface area (Å²) in [7, 11) is 0. The molecule has 0 spiro atoms. The fourth-order valence-electron chi connectivity index (χ4n) is 2.92. The van der Waals surface area contributed by atoms with Crippen LogP contribution in [0.2, 0.25) is 0 Å². The number of hydrogen-bond donors (Lipinski definition) is 1. The Balaban J connectivity index is 1.74. The minimum atomic E-state index is -0.582. The fourth-order valence-corrected chi connectivity index (χ4v) is 2.92. The Bertz CT molecular complexity index is 714. The van der Waals surface area contributed by atoms with Crippen molar-refractivity contribution < 1.29 is 13.6 Å². The molecule has 0 radical (unpaired) electrons. The van der Waals surface area contributed by atoms with E-state index >= 15 is 0 Å². The number of nitrogens with one attached hydrogen (secondary N) is 1. The van der Waals surface area contributed by atoms with Crippen LogP contribution >= 0.6 is 0 Å². The second kappa shape index (κ2) is 5.87. The second-order valence-corrected chi connectivity index (χ2v) is 5.74. The van der Waals surface area contributed by atoms with Gasteiger partial charge in [0.25, 0.3) is 5.91 Å². The van der Waals surface area contributed by atoms with Crippen LogP contribution in [-0.4, -0.2) is 11.9 Å². The lowest BCUT2D eigenvalue weighted by Crippen LogP contribution is -2.45. The Morgan fingerprint density at radius 2 is 1.91 bits per heavy atom. The van der Waals surface area contributed by atoms with Crippen LogP contribution in [0.1, 0.15) is 40.2 Å². The van der Waals surface area contributed by atoms with Gasteiger partial charge in [0.2, 0.25) is 0 Å². The summed E-state index contributed by atoms with van der Waals surface area (Å²) < 4.78 is 26.9. The first kappa shape index (κ1) is 14.7. The van der Waals surface area contributed by atoms with Crippen LogP contribution in [0.3, 0.4) is 0 Å². The Hall–Kier alpha value is -2.23. The minimum Gasteiger partial charge on any atom is -0.349 e. The number of aryl methyl sites for hydroxylation is 1. The molecule has 2 aromatic rings. The molecule has 4 heteroatoms. The number of hydrogen-bond acceptors (Lipinski definition) is 1. The smallest absolute Gasteiger partial charge is 0.251 e. The topological polar surface area (TPSA) is 29.1 Å². The summed E-state index contributed by atoms with van der Waals surface area (Å²) in [5.41, 5.74) is 2.01. The number of rotatable bonds is 3. The van der Waals surface area contributed by atoms with Gasteiger partial charge in [0.15, 0.2) is 0 Å². The maximum atomic E-state index is 13.9. The number of carbonyl (C=O) groups excluding carboxylic acids is 1. The van der Waals surface area contributed by atoms with E-state index in [2.05, 4.69) is 5.32 Å². The van der Waals surface area contributed by atoms with Crippen molar-refractivity contribution in [3.8, 4) is 0 Å². The van der Waals surface area contributed by atoms with Gasteiger partial charge in [-0.25, -0.2) is 8.78 Å². The lowest BCUT2D eigenvalue weighted by Gasteiger charge is -2.37. The van der Waals surface area contributed by atoms with Crippen LogP contribution in [0.5, 0.6) is 0 Å². The van der Waals surface area contributed by atoms with Gasteiger partial charge in [0, 0.05) is 23.6 Å². The summed E-state index contributed by atoms with van der Waals surface area (Å²) in [6.07, 6.45) is 1.60. The third-order valence-electron chi connectivity index (χ3n) is 4.34. The van der Waals surface area contributed by atoms with Gasteiger partial charge in [-0.2, -0.15) is 0 Å². The zero-order valence-electron chi connectivity index (χ0n) is 12.3. The van der Waals surface area contributed by atoms with Crippen molar-refractivity contribution in [2.24, 2.45) is 0 Å². The van der Waals surface area contributed by atoms with E-state index in [0.29, 0.717) is 11.1 Å². The highest BCUT2D eigenvalue weighted by atomic mass is 19.1. The molecule has 0 heterocycles. The molecule has 2 atom stereocenters. The molecule has 1 aliphatic carbocycles. The molecule has 1 fully saturated rings. The monoisotopic (exact) mass is 301 g/mol. The van der Waals surface area contributed by atoms with Crippen molar-refractivity contribution in [3.05, 3.63) is 70.8 Å². The van der Waals surface area contributed by atoms with Gasteiger partial charge >= 0.3 is 0 Å². The predicted molar refractivity (Wildman–Crippen MR) is 80.8 cm³/mol. The Morgan fingerprint density at radius 1 is 1.14 bits per heavy atom. The summed E-state index contributed by atoms with van der Waals surface area (Å²) in [5.74, 6) is -1.36. The van der Waals surface area contributed by atoms with Crippen molar-refractivity contribution in [1.82, 2.24) is 5.32 Å². The van der Waals surface area contributed by atoms with Gasteiger partial charge in [-0.1, -0.05) is 24.3 Å². The van der Waals surface area contributed by atoms with Gasteiger partial charge < -0.3 is 5.32 Å². The van der Waals surface area contributed by atoms with Crippen molar-refractivity contribution >= 4 is 5.91 Å². The molecule has 3 rings (SSSR count). The van der Waals surface area contributed by atoms with Crippen LogP contribution in [0.4, 0.5) is 8.78 Å². The standard InChI is InChI=1S/C18H17F2NO/c1-11-4-2-3-5-13(11)18(22)21-17-9-8-15(17)14-7-6-12(19)10-16(14)20/h2-7,10,15,17H,8-9H2,1H3,(H,21,22)/t15-,17-/m0/s1. The highest BCUT2D eigenvalue weighted by Crippen LogP contribution is 2.38. The van der Waals surface area contributed by atoms with Gasteiger partial charge in [-0.3, -0.25) is 4.79 Å². The van der Waals surface area contributed by atoms with E-state index < -0.39 is 11.6 Å². The molecule has 1 saturated carbocycles. The van der Waals surface area contributed by atoms with Crippen LogP contribution < -0.4 is 5.32 Å². The van der Waals surface area contributed by atoms with E-state index in [0.717, 1.165) is 24.5 Å². The summed E-state index contributed by atoms with van der Waals surface area (Å²) >= 11 is 0. The molecule has 114 valence electrons. The lowest BCUT2D eigenvalue weighted by atomic mass is 9.74. The van der Waals surface area contributed by atoms with Crippen LogP contribution in [0, 0.1) is 18.6 Å². The second-order valence-electron chi connectivity index (χ2n) is 5.74. The van der Waals surface area contributed by atoms with Gasteiger partial charge in [0.05, 0.1) is 0 Å². The molecule has 0 bridgehead atoms. The summed E-state index contributed by atoms with van der Waals surface area (Å²) in [4.78, 5) is 12.3. The molecule has 1 N–H and O–H groups in total. The minimum absolute atomic E-state index is 0.0893. The number of carbonyl (C=O) groups is 1. The molecule has 0 aromatic heterocycles. The molecular formula is C18H17F2NO. The van der Waals surface area contributed by atoms with Crippen LogP contribution in [0.15, 0.2) is 42.5 Å². The first-order valence-electron chi connectivity index (χ1n) is 7.37. The summed E-state index contributed by atoms with van der Waals surface area (Å²) in [5, 5.41) is 2.96. The number of amides is 1. The van der Waals surface area contributed by atoms with E-state index in [4.69, 9.17) is 0 Å². The molecule has 2 aromatic carbocycles. The van der Waals surface area contributed by atoms with Gasteiger partial charge in [-0.05, 0) is 43.0 Å². The van der Waals surface area contributed by atoms with E-state index in [1.807, 2.05) is 25.1 Å². The highest BCUT2D eigenvalue weighted by Gasteiger charge is 2.35. The fraction of sp³-hybridized carbons (Fsp3) is 0.278. The SMILES string of the molecule is Cc1ccccc1C(=O)N[C@H]1CC[C@H]1c1ccc(F)cc1F. The van der Waals surface area contributed by atoms with Crippen molar-refractivity contribution in [1.29, 1.82) is 0 Å². The quantitative estimate of drug-likeness (QED) is 0.914. The van der Waals surface area contributed by atoms with Gasteiger partial charge in [0.1, 0.15) is 11.6 Å². The largest absolute Gasteiger partial charge is 0.349 e. The van der Waals surface area contributed by atoms with Crippen LogP contribution in [-0.2, 0) is 0 Å². The average molecular weight is 301 g/mol. The number of benzene rings is 2. The molecule has 0 aliphatic heterocycles. The zero-order chi connectivity index (χ0) is 15.7. The van der Waals surface area contributed by atoms with Crippen molar-refractivity contribution in [2.45, 2.75) is 31.7 Å². The van der Waals surface area contributed by atoms with E-state index in [1.165, 1.54) is 12.1 Å². The molecule has 22 heavy (non-hydrogen) atoms. The first-order valence-corrected chi connectivity index (χ1v) is 7.37. The summed E-state index contributed by atoms with van der Waals surface area (Å²) in [6.45, 7) is 1.88. The van der Waals surface area contributed by atoms with E-state index in [9.17, 15) is 13.6 Å². The zero-order valence-corrected chi connectivity index (χ0v) is 12.3. The highest BCUT2D eigenvalue weighted by molar-refractivity contribution is 5.95. The Morgan fingerprint density at radius 3 is 2.55 bits per heavy atom.